The minimum atomic E-state index is -0.468. The first-order chi connectivity index (χ1) is 18.8. The Bertz CT molecular complexity index is 1750. The van der Waals surface area contributed by atoms with Gasteiger partial charge in [0.2, 0.25) is 5.43 Å². The van der Waals surface area contributed by atoms with Crippen LogP contribution in [0.5, 0.6) is 23.1 Å². The molecule has 1 N–H and O–H groups in total. The van der Waals surface area contributed by atoms with Gasteiger partial charge in [0.15, 0.2) is 11.5 Å². The molecular weight excluding hydrogens is 516 g/mol. The zero-order valence-electron chi connectivity index (χ0n) is 22.1. The lowest BCUT2D eigenvalue weighted by atomic mass is 10.0. The van der Waals surface area contributed by atoms with E-state index in [9.17, 15) is 9.59 Å². The zero-order valence-corrected chi connectivity index (χ0v) is 22.9. The van der Waals surface area contributed by atoms with Crippen LogP contribution in [0, 0.1) is 13.8 Å². The van der Waals surface area contributed by atoms with Gasteiger partial charge in [0.1, 0.15) is 16.8 Å². The molecule has 0 atom stereocenters. The van der Waals surface area contributed by atoms with Crippen molar-refractivity contribution in [3.05, 3.63) is 87.3 Å². The number of nitrogens with one attached hydrogen (secondary N) is 1. The molecule has 0 aliphatic carbocycles. The van der Waals surface area contributed by atoms with Crippen molar-refractivity contribution in [2.45, 2.75) is 13.8 Å². The highest BCUT2D eigenvalue weighted by Crippen LogP contribution is 2.34. The van der Waals surface area contributed by atoms with Crippen LogP contribution in [0.1, 0.15) is 21.7 Å². The molecule has 4 heterocycles. The number of fused-ring (bicyclic) bond motifs is 1. The van der Waals surface area contributed by atoms with E-state index < -0.39 is 5.91 Å². The summed E-state index contributed by atoms with van der Waals surface area (Å²) in [5, 5.41) is 4.76. The molecule has 10 heteroatoms. The van der Waals surface area contributed by atoms with Crippen LogP contribution >= 0.6 is 11.3 Å². The van der Waals surface area contributed by atoms with Gasteiger partial charge >= 0.3 is 0 Å². The number of pyridine rings is 3. The number of anilines is 1. The summed E-state index contributed by atoms with van der Waals surface area (Å²) >= 11 is 1.47. The fourth-order valence-corrected chi connectivity index (χ4v) is 5.15. The van der Waals surface area contributed by atoms with Crippen molar-refractivity contribution in [3.8, 4) is 33.6 Å². The minimum absolute atomic E-state index is 0.116. The molecule has 0 unspecified atom stereocenters. The van der Waals surface area contributed by atoms with Gasteiger partial charge in [-0.2, -0.15) is 0 Å². The third-order valence-corrected chi connectivity index (χ3v) is 7.43. The number of ether oxygens (including phenoxy) is 3. The predicted octanol–water partition coefficient (Wildman–Crippen LogP) is 5.74. The van der Waals surface area contributed by atoms with Crippen molar-refractivity contribution >= 4 is 34.0 Å². The Morgan fingerprint density at radius 3 is 2.44 bits per heavy atom. The Morgan fingerprint density at radius 1 is 1.00 bits per heavy atom. The first-order valence-electron chi connectivity index (χ1n) is 12.0. The number of nitrogens with zero attached hydrogens (tertiary/aromatic N) is 3. The summed E-state index contributed by atoms with van der Waals surface area (Å²) in [6, 6.07) is 14.1. The molecule has 0 radical (unpaired) electrons. The molecule has 5 aromatic rings. The lowest BCUT2D eigenvalue weighted by Gasteiger charge is -2.17. The Hall–Kier alpha value is -4.70. The number of methoxy groups -OCH3 is 2. The van der Waals surface area contributed by atoms with Crippen LogP contribution in [0.2, 0.25) is 0 Å². The average molecular weight is 543 g/mol. The first kappa shape index (κ1) is 25.9. The molecule has 0 saturated carbocycles. The van der Waals surface area contributed by atoms with Crippen LogP contribution in [0.25, 0.3) is 21.5 Å². The number of aromatic nitrogens is 3. The number of hydrogen-bond acceptors (Lipinski definition) is 8. The first-order valence-corrected chi connectivity index (χ1v) is 12.9. The summed E-state index contributed by atoms with van der Waals surface area (Å²) in [7, 11) is 4.90. The van der Waals surface area contributed by atoms with E-state index in [0.29, 0.717) is 51.1 Å². The Balaban J connectivity index is 1.40. The molecule has 5 rings (SSSR count). The fraction of sp³-hybridized carbons (Fsp3) is 0.172. The van der Waals surface area contributed by atoms with E-state index in [1.807, 2.05) is 36.1 Å². The highest BCUT2D eigenvalue weighted by Gasteiger charge is 2.22. The quantitative estimate of drug-likeness (QED) is 0.280. The van der Waals surface area contributed by atoms with Crippen LogP contribution < -0.4 is 25.0 Å². The normalized spacial score (nSPS) is 10.9. The average Bonchev–Trinajstić information content (AvgIpc) is 3.47. The van der Waals surface area contributed by atoms with E-state index in [4.69, 9.17) is 14.2 Å². The lowest BCUT2D eigenvalue weighted by Crippen LogP contribution is -2.28. The monoisotopic (exact) mass is 542 g/mol. The van der Waals surface area contributed by atoms with Crippen LogP contribution in [-0.4, -0.2) is 34.7 Å². The van der Waals surface area contributed by atoms with Crippen molar-refractivity contribution < 1.29 is 19.0 Å². The molecule has 39 heavy (non-hydrogen) atoms. The predicted molar refractivity (Wildman–Crippen MR) is 152 cm³/mol. The molecule has 0 fully saturated rings. The number of carbonyl (C=O) groups excluding carboxylic acids is 1. The number of thiophene rings is 1. The van der Waals surface area contributed by atoms with E-state index in [0.717, 1.165) is 10.6 Å². The summed E-state index contributed by atoms with van der Waals surface area (Å²) in [4.78, 5) is 36.4. The number of benzene rings is 1. The van der Waals surface area contributed by atoms with E-state index >= 15 is 0 Å². The van der Waals surface area contributed by atoms with Gasteiger partial charge in [-0.25, -0.2) is 4.98 Å². The second-order valence-corrected chi connectivity index (χ2v) is 9.69. The fourth-order valence-electron chi connectivity index (χ4n) is 4.33. The van der Waals surface area contributed by atoms with Gasteiger partial charge in [0, 0.05) is 47.3 Å². The zero-order chi connectivity index (χ0) is 27.7. The summed E-state index contributed by atoms with van der Waals surface area (Å²) in [6.45, 7) is 3.66. The van der Waals surface area contributed by atoms with Crippen molar-refractivity contribution in [3.63, 3.8) is 0 Å². The SMILES string of the molecule is COc1cc2nccc(Oc3ccc(NC(=O)c4c(C)n(C)c(C)c(-c5cccs5)c4=O)cc3)c2nc1OC. The topological polar surface area (TPSA) is 105 Å². The van der Waals surface area contributed by atoms with Gasteiger partial charge in [-0.3, -0.25) is 14.6 Å². The Kier molecular flexibility index (Phi) is 7.03. The Labute approximate surface area is 228 Å². The summed E-state index contributed by atoms with van der Waals surface area (Å²) < 4.78 is 18.6. The summed E-state index contributed by atoms with van der Waals surface area (Å²) in [6.07, 6.45) is 1.62. The van der Waals surface area contributed by atoms with E-state index in [1.165, 1.54) is 25.6 Å². The van der Waals surface area contributed by atoms with Crippen molar-refractivity contribution in [2.75, 3.05) is 19.5 Å². The van der Waals surface area contributed by atoms with Crippen LogP contribution in [-0.2, 0) is 7.05 Å². The molecule has 9 nitrogen and oxygen atoms in total. The molecule has 0 aliphatic rings. The molecule has 198 valence electrons. The van der Waals surface area contributed by atoms with E-state index in [1.54, 1.807) is 49.5 Å². The molecule has 0 spiro atoms. The second-order valence-electron chi connectivity index (χ2n) is 8.74. The number of carbonyl (C=O) groups is 1. The highest BCUT2D eigenvalue weighted by molar-refractivity contribution is 7.13. The van der Waals surface area contributed by atoms with Gasteiger partial charge < -0.3 is 24.1 Å². The van der Waals surface area contributed by atoms with Gasteiger partial charge in [-0.05, 0) is 49.6 Å². The van der Waals surface area contributed by atoms with Crippen molar-refractivity contribution in [2.24, 2.45) is 7.05 Å². The molecule has 0 saturated heterocycles. The number of rotatable bonds is 7. The molecule has 1 amide bonds. The summed E-state index contributed by atoms with van der Waals surface area (Å²) in [5.74, 6) is 1.33. The largest absolute Gasteiger partial charge is 0.491 e. The van der Waals surface area contributed by atoms with Gasteiger partial charge in [0.05, 0.1) is 25.3 Å². The molecule has 0 aliphatic heterocycles. The smallest absolute Gasteiger partial charge is 0.261 e. The third-order valence-electron chi connectivity index (χ3n) is 6.54. The van der Waals surface area contributed by atoms with Crippen molar-refractivity contribution in [1.29, 1.82) is 0 Å². The maximum Gasteiger partial charge on any atom is 0.261 e. The molecular formula is C29H26N4O5S. The van der Waals surface area contributed by atoms with Gasteiger partial charge in [-0.1, -0.05) is 6.07 Å². The maximum atomic E-state index is 13.4. The number of hydrogen-bond donors (Lipinski definition) is 1. The van der Waals surface area contributed by atoms with E-state index in [2.05, 4.69) is 15.3 Å². The second kappa shape index (κ2) is 10.6. The Morgan fingerprint density at radius 2 is 1.77 bits per heavy atom. The summed E-state index contributed by atoms with van der Waals surface area (Å²) in [5.41, 5.74) is 3.41. The van der Waals surface area contributed by atoms with Gasteiger partial charge in [0.25, 0.3) is 11.8 Å². The maximum absolute atomic E-state index is 13.4. The van der Waals surface area contributed by atoms with Crippen LogP contribution in [0.3, 0.4) is 0 Å². The lowest BCUT2D eigenvalue weighted by molar-refractivity contribution is 0.102. The molecule has 1 aromatic carbocycles. The van der Waals surface area contributed by atoms with Crippen LogP contribution in [0.4, 0.5) is 5.69 Å². The van der Waals surface area contributed by atoms with Crippen LogP contribution in [0.15, 0.2) is 64.9 Å². The third kappa shape index (κ3) is 4.82. The van der Waals surface area contributed by atoms with Gasteiger partial charge in [-0.15, -0.1) is 11.3 Å². The molecule has 0 bridgehead atoms. The highest BCUT2D eigenvalue weighted by atomic mass is 32.1. The minimum Gasteiger partial charge on any atom is -0.491 e. The molecule has 4 aromatic heterocycles. The van der Waals surface area contributed by atoms with Crippen molar-refractivity contribution in [1.82, 2.24) is 14.5 Å². The van der Waals surface area contributed by atoms with E-state index in [-0.39, 0.29) is 11.0 Å². The standard InChI is InChI=1S/C29H26N4O5S/c1-16-24(23-7-6-14-39-23)27(34)25(17(2)33(16)3)28(35)31-18-8-10-19(11-9-18)38-21-12-13-30-20-15-22(36-4)29(37-5)32-26(20)21/h6-15H,1-5H3,(H,31,35). The number of amides is 1.